The summed E-state index contributed by atoms with van der Waals surface area (Å²) in [5.41, 5.74) is 6.14. The number of anilines is 2. The lowest BCUT2D eigenvalue weighted by atomic mass is 9.92. The van der Waals surface area contributed by atoms with Gasteiger partial charge in [-0.2, -0.15) is 20.5 Å². The van der Waals surface area contributed by atoms with E-state index in [9.17, 15) is 14.9 Å². The van der Waals surface area contributed by atoms with Crippen molar-refractivity contribution in [2.24, 2.45) is 11.8 Å². The highest BCUT2D eigenvalue weighted by Crippen LogP contribution is 2.52. The van der Waals surface area contributed by atoms with Gasteiger partial charge < -0.3 is 20.1 Å². The summed E-state index contributed by atoms with van der Waals surface area (Å²) in [5, 5.41) is 20.0. The van der Waals surface area contributed by atoms with E-state index in [-0.39, 0.29) is 78.2 Å². The molecule has 0 amide bonds. The van der Waals surface area contributed by atoms with Crippen LogP contribution in [0, 0.1) is 46.1 Å². The number of nitrogen functional groups attached to an aromatic ring is 1. The van der Waals surface area contributed by atoms with Gasteiger partial charge in [-0.3, -0.25) is 4.90 Å². The zero-order valence-corrected chi connectivity index (χ0v) is 26.6. The number of halogens is 3. The van der Waals surface area contributed by atoms with E-state index >= 15 is 4.39 Å². The molecule has 3 fully saturated rings. The minimum Gasteiger partial charge on any atom is -0.489 e. The number of ether oxygens (including phenoxy) is 2. The second kappa shape index (κ2) is 10.8. The molecule has 46 heavy (non-hydrogen) atoms. The molecule has 13 heteroatoms. The van der Waals surface area contributed by atoms with Crippen molar-refractivity contribution in [3.05, 3.63) is 34.4 Å². The zero-order valence-electron chi connectivity index (χ0n) is 25.1. The highest BCUT2D eigenvalue weighted by Gasteiger charge is 2.48. The third-order valence-corrected chi connectivity index (χ3v) is 11.7. The first-order chi connectivity index (χ1) is 22.2. The number of hydrogen-bond donors (Lipinski definition) is 1. The van der Waals surface area contributed by atoms with Gasteiger partial charge in [0.05, 0.1) is 38.3 Å². The van der Waals surface area contributed by atoms with E-state index in [1.54, 1.807) is 0 Å². The maximum atomic E-state index is 17.1. The number of rotatable bonds is 5. The highest BCUT2D eigenvalue weighted by atomic mass is 35.5. The molecule has 2 aromatic heterocycles. The Morgan fingerprint density at radius 3 is 2.89 bits per heavy atom. The summed E-state index contributed by atoms with van der Waals surface area (Å²) in [6.45, 7) is 5.46. The predicted molar refractivity (Wildman–Crippen MR) is 172 cm³/mol. The normalized spacial score (nSPS) is 25.3. The molecule has 2 unspecified atom stereocenters. The fraction of sp³-hybridized carbons (Fsp3) is 0.455. The minimum atomic E-state index is -0.760. The molecule has 8 rings (SSSR count). The number of thiophene rings is 1. The van der Waals surface area contributed by atoms with Crippen molar-refractivity contribution < 1.29 is 18.3 Å². The number of fused-ring (bicyclic) bond motifs is 4. The first-order valence-electron chi connectivity index (χ1n) is 15.5. The van der Waals surface area contributed by atoms with Crippen LogP contribution in [-0.4, -0.2) is 59.3 Å². The maximum Gasteiger partial charge on any atom is 0.319 e. The van der Waals surface area contributed by atoms with Crippen LogP contribution in [0.3, 0.4) is 0 Å². The number of benzene rings is 2. The fourth-order valence-corrected chi connectivity index (χ4v) is 9.62. The van der Waals surface area contributed by atoms with Gasteiger partial charge in [-0.25, -0.2) is 8.78 Å². The Balaban J connectivity index is 1.34. The lowest BCUT2D eigenvalue weighted by Gasteiger charge is -2.31. The van der Waals surface area contributed by atoms with Crippen molar-refractivity contribution in [1.82, 2.24) is 14.9 Å². The molecule has 0 radical (unpaired) electrons. The number of nitriles is 2. The predicted octanol–water partition coefficient (Wildman–Crippen LogP) is 6.65. The molecule has 0 spiro atoms. The minimum absolute atomic E-state index is 0.0198. The van der Waals surface area contributed by atoms with Crippen molar-refractivity contribution >= 4 is 54.7 Å². The molecular weight excluding hydrogens is 632 g/mol. The van der Waals surface area contributed by atoms with Crippen LogP contribution in [0.5, 0.6) is 11.8 Å². The maximum absolute atomic E-state index is 17.1. The number of nitrogens with two attached hydrogens (primary N) is 1. The van der Waals surface area contributed by atoms with Gasteiger partial charge in [-0.15, -0.1) is 11.3 Å². The lowest BCUT2D eigenvalue weighted by molar-refractivity contribution is 0.107. The molecular formula is C33H30ClF2N7O2S. The van der Waals surface area contributed by atoms with Crippen LogP contribution in [0.15, 0.2) is 12.1 Å². The quantitative estimate of drug-likeness (QED) is 0.250. The van der Waals surface area contributed by atoms with E-state index in [1.807, 2.05) is 6.07 Å². The molecule has 0 aliphatic carbocycles. The van der Waals surface area contributed by atoms with Gasteiger partial charge in [0.1, 0.15) is 41.4 Å². The highest BCUT2D eigenvalue weighted by molar-refractivity contribution is 7.23. The van der Waals surface area contributed by atoms with Crippen molar-refractivity contribution in [1.29, 1.82) is 10.5 Å². The van der Waals surface area contributed by atoms with Crippen LogP contribution in [0.25, 0.3) is 32.1 Å². The third kappa shape index (κ3) is 4.23. The summed E-state index contributed by atoms with van der Waals surface area (Å²) < 4.78 is 45.0. The van der Waals surface area contributed by atoms with Crippen LogP contribution in [0.1, 0.15) is 44.6 Å². The summed E-state index contributed by atoms with van der Waals surface area (Å²) in [7, 11) is 0. The summed E-state index contributed by atoms with van der Waals surface area (Å²) in [6.07, 6.45) is 4.21. The molecule has 4 atom stereocenters. The third-order valence-electron chi connectivity index (χ3n) is 10.3. The average molecular weight is 662 g/mol. The standard InChI is InChI=1S/C33H30ClF2N7O2S/c1-16-11-33(7-2-9-42(33)13-16)15-45-32-40-27-24-28(44-14-21-17(5-8-37)6-10-43(21)31(24)41-32)25(34)23(26(27)36)18-3-4-20(35)29-22(18)19(12-38)30(39)46-29/h3-4,16-17,21H,2,5-7,9-11,13-15,39H2,1H3/t16-,17?,21?,33+/m1/s1. The van der Waals surface area contributed by atoms with Crippen LogP contribution in [0.4, 0.5) is 19.6 Å². The van der Waals surface area contributed by atoms with Crippen LogP contribution < -0.4 is 20.1 Å². The second-order valence-electron chi connectivity index (χ2n) is 13.0. The van der Waals surface area contributed by atoms with Gasteiger partial charge in [0.25, 0.3) is 0 Å². The smallest absolute Gasteiger partial charge is 0.319 e. The fourth-order valence-electron chi connectivity index (χ4n) is 8.34. The average Bonchev–Trinajstić information content (AvgIpc) is 3.75. The number of nitrogens with zero attached hydrogens (tertiary/aromatic N) is 6. The molecule has 0 bridgehead atoms. The Morgan fingerprint density at radius 2 is 2.09 bits per heavy atom. The van der Waals surface area contributed by atoms with E-state index in [0.717, 1.165) is 50.1 Å². The number of aromatic nitrogens is 2. The summed E-state index contributed by atoms with van der Waals surface area (Å²) in [4.78, 5) is 14.1. The Bertz CT molecular complexity index is 2030. The molecule has 6 heterocycles. The monoisotopic (exact) mass is 661 g/mol. The lowest BCUT2D eigenvalue weighted by Crippen LogP contribution is -2.43. The molecule has 0 saturated carbocycles. The van der Waals surface area contributed by atoms with Crippen molar-refractivity contribution in [3.63, 3.8) is 0 Å². The Hall–Kier alpha value is -3.97. The second-order valence-corrected chi connectivity index (χ2v) is 14.4. The van der Waals surface area contributed by atoms with E-state index in [1.165, 1.54) is 12.1 Å². The van der Waals surface area contributed by atoms with Gasteiger partial charge >= 0.3 is 6.01 Å². The first kappa shape index (κ1) is 29.4. The molecule has 3 saturated heterocycles. The van der Waals surface area contributed by atoms with Gasteiger partial charge in [0.15, 0.2) is 11.6 Å². The topological polar surface area (TPSA) is 124 Å². The molecule has 4 aliphatic heterocycles. The van der Waals surface area contributed by atoms with E-state index in [4.69, 9.17) is 31.8 Å². The molecule has 2 aromatic carbocycles. The number of hydrogen-bond acceptors (Lipinski definition) is 10. The molecule has 4 aliphatic rings. The van der Waals surface area contributed by atoms with Crippen LogP contribution in [0.2, 0.25) is 5.02 Å². The molecule has 4 aromatic rings. The van der Waals surface area contributed by atoms with E-state index in [2.05, 4.69) is 27.8 Å². The van der Waals surface area contributed by atoms with E-state index < -0.39 is 11.6 Å². The SMILES string of the molecule is C[C@H]1CN2CCC[C@@]2(COc2nc3c4c(c(Cl)c(-c5ccc(F)c6sc(N)c(C#N)c56)c(F)c4n2)OCC2C(CC#N)CCN32)C1. The largest absolute Gasteiger partial charge is 0.489 e. The van der Waals surface area contributed by atoms with Crippen molar-refractivity contribution in [2.75, 3.05) is 43.5 Å². The summed E-state index contributed by atoms with van der Waals surface area (Å²) in [6, 6.07) is 6.80. The van der Waals surface area contributed by atoms with E-state index in [0.29, 0.717) is 36.7 Å². The summed E-state index contributed by atoms with van der Waals surface area (Å²) in [5.74, 6) is -0.117. The van der Waals surface area contributed by atoms with Crippen molar-refractivity contribution in [2.45, 2.75) is 50.6 Å². The zero-order chi connectivity index (χ0) is 31.9. The van der Waals surface area contributed by atoms with Gasteiger partial charge in [0, 0.05) is 30.5 Å². The molecule has 2 N–H and O–H groups in total. The Kier molecular flexibility index (Phi) is 6.91. The Morgan fingerprint density at radius 1 is 1.24 bits per heavy atom. The van der Waals surface area contributed by atoms with Gasteiger partial charge in [-0.1, -0.05) is 24.6 Å². The summed E-state index contributed by atoms with van der Waals surface area (Å²) >= 11 is 7.96. The molecule has 9 nitrogen and oxygen atoms in total. The van der Waals surface area contributed by atoms with Crippen molar-refractivity contribution in [3.8, 4) is 35.0 Å². The van der Waals surface area contributed by atoms with Crippen LogP contribution in [-0.2, 0) is 0 Å². The van der Waals surface area contributed by atoms with Gasteiger partial charge in [-0.05, 0) is 55.7 Å². The Labute approximate surface area is 273 Å². The van der Waals surface area contributed by atoms with Crippen LogP contribution >= 0.6 is 22.9 Å². The first-order valence-corrected chi connectivity index (χ1v) is 16.7. The van der Waals surface area contributed by atoms with Gasteiger partial charge in [0.2, 0.25) is 0 Å². The molecule has 236 valence electrons.